The van der Waals surface area contributed by atoms with E-state index in [1.54, 1.807) is 19.3 Å². The molecule has 1 N–H and O–H groups in total. The van der Waals surface area contributed by atoms with Crippen molar-refractivity contribution in [2.75, 3.05) is 10.2 Å². The zero-order chi connectivity index (χ0) is 18.4. The van der Waals surface area contributed by atoms with Crippen LogP contribution in [0.1, 0.15) is 49.6 Å². The van der Waals surface area contributed by atoms with Crippen molar-refractivity contribution in [2.24, 2.45) is 11.8 Å². The molecule has 0 bridgehead atoms. The molecule has 2 heterocycles. The van der Waals surface area contributed by atoms with Crippen LogP contribution in [0.4, 0.5) is 11.5 Å². The minimum Gasteiger partial charge on any atom is -0.362 e. The van der Waals surface area contributed by atoms with Gasteiger partial charge in [-0.1, -0.05) is 24.6 Å². The maximum atomic E-state index is 12.5. The van der Waals surface area contributed by atoms with Crippen LogP contribution in [0.25, 0.3) is 0 Å². The Morgan fingerprint density at radius 1 is 1.19 bits per heavy atom. The second-order valence-electron chi connectivity index (χ2n) is 7.80. The van der Waals surface area contributed by atoms with Gasteiger partial charge in [0.1, 0.15) is 5.82 Å². The summed E-state index contributed by atoms with van der Waals surface area (Å²) in [6.07, 6.45) is 5.99. The first kappa shape index (κ1) is 17.0. The summed E-state index contributed by atoms with van der Waals surface area (Å²) >= 11 is 0. The summed E-state index contributed by atoms with van der Waals surface area (Å²) in [5.41, 5.74) is 4.32. The standard InChI is InChI=1S/C21H26N4O/c1-12-5-8-18-17(9-12)20(24-19-11-22-13(2)10-23-19)14(3)21(16-6-7-16)25(18)15(4)26/h5,8-11,14,16,20-21H,6-7H2,1-4H3,(H,23,24)/t14?,20?,21-/m1/s1. The zero-order valence-electron chi connectivity index (χ0n) is 15.9. The SMILES string of the molecule is CC(=O)N1c2ccc(C)cc2C(Nc2cnc(C)cn2)C(C)[C@@H]1C1CC1. The Kier molecular flexibility index (Phi) is 4.17. The zero-order valence-corrected chi connectivity index (χ0v) is 15.9. The van der Waals surface area contributed by atoms with E-state index in [1.165, 1.54) is 24.0 Å². The van der Waals surface area contributed by atoms with Gasteiger partial charge in [-0.3, -0.25) is 9.78 Å². The van der Waals surface area contributed by atoms with E-state index in [0.717, 1.165) is 17.2 Å². The molecule has 0 radical (unpaired) electrons. The lowest BCUT2D eigenvalue weighted by atomic mass is 9.79. The lowest BCUT2D eigenvalue weighted by molar-refractivity contribution is -0.117. The number of nitrogens with one attached hydrogen (secondary N) is 1. The van der Waals surface area contributed by atoms with Crippen LogP contribution in [-0.2, 0) is 4.79 Å². The van der Waals surface area contributed by atoms with E-state index in [1.807, 2.05) is 11.8 Å². The van der Waals surface area contributed by atoms with Gasteiger partial charge in [0.05, 0.1) is 24.1 Å². The summed E-state index contributed by atoms with van der Waals surface area (Å²) in [4.78, 5) is 23.4. The third kappa shape index (κ3) is 2.96. The number of hydrogen-bond donors (Lipinski definition) is 1. The van der Waals surface area contributed by atoms with Crippen molar-refractivity contribution in [3.63, 3.8) is 0 Å². The lowest BCUT2D eigenvalue weighted by Gasteiger charge is -2.46. The van der Waals surface area contributed by atoms with Gasteiger partial charge < -0.3 is 10.2 Å². The van der Waals surface area contributed by atoms with Crippen molar-refractivity contribution in [3.8, 4) is 0 Å². The fraction of sp³-hybridized carbons (Fsp3) is 0.476. The van der Waals surface area contributed by atoms with E-state index < -0.39 is 0 Å². The van der Waals surface area contributed by atoms with Crippen molar-refractivity contribution in [1.82, 2.24) is 9.97 Å². The first-order chi connectivity index (χ1) is 12.5. The molecule has 2 aliphatic rings. The van der Waals surface area contributed by atoms with E-state index in [9.17, 15) is 4.79 Å². The smallest absolute Gasteiger partial charge is 0.224 e. The van der Waals surface area contributed by atoms with Gasteiger partial charge in [0.25, 0.3) is 0 Å². The Morgan fingerprint density at radius 3 is 2.58 bits per heavy atom. The van der Waals surface area contributed by atoms with E-state index in [4.69, 9.17) is 0 Å². The maximum absolute atomic E-state index is 12.5. The first-order valence-corrected chi connectivity index (χ1v) is 9.41. The van der Waals surface area contributed by atoms with Crippen LogP contribution < -0.4 is 10.2 Å². The summed E-state index contributed by atoms with van der Waals surface area (Å²) in [5.74, 6) is 1.80. The van der Waals surface area contributed by atoms with Crippen molar-refractivity contribution in [1.29, 1.82) is 0 Å². The van der Waals surface area contributed by atoms with Crippen LogP contribution in [0.5, 0.6) is 0 Å². The van der Waals surface area contributed by atoms with Gasteiger partial charge in [0.2, 0.25) is 5.91 Å². The molecule has 3 atom stereocenters. The molecule has 5 nitrogen and oxygen atoms in total. The fourth-order valence-electron chi connectivity index (χ4n) is 4.31. The Bertz CT molecular complexity index is 828. The van der Waals surface area contributed by atoms with Gasteiger partial charge >= 0.3 is 0 Å². The van der Waals surface area contributed by atoms with E-state index in [2.05, 4.69) is 47.3 Å². The molecule has 1 amide bonds. The summed E-state index contributed by atoms with van der Waals surface area (Å²) in [7, 11) is 0. The monoisotopic (exact) mass is 350 g/mol. The molecular formula is C21H26N4O. The normalized spacial score (nSPS) is 24.9. The van der Waals surface area contributed by atoms with Crippen LogP contribution in [0, 0.1) is 25.7 Å². The van der Waals surface area contributed by atoms with Crippen LogP contribution in [0.3, 0.4) is 0 Å². The fourth-order valence-corrected chi connectivity index (χ4v) is 4.31. The number of anilines is 2. The molecule has 1 fully saturated rings. The second-order valence-corrected chi connectivity index (χ2v) is 7.80. The molecular weight excluding hydrogens is 324 g/mol. The molecule has 5 heteroatoms. The molecule has 0 saturated heterocycles. The minimum absolute atomic E-state index is 0.114. The summed E-state index contributed by atoms with van der Waals surface area (Å²) in [6, 6.07) is 6.74. The van der Waals surface area contributed by atoms with Crippen LogP contribution in [0.15, 0.2) is 30.6 Å². The highest BCUT2D eigenvalue weighted by Gasteiger charge is 2.47. The number of fused-ring (bicyclic) bond motifs is 1. The third-order valence-electron chi connectivity index (χ3n) is 5.67. The predicted molar refractivity (Wildman–Crippen MR) is 103 cm³/mol. The topological polar surface area (TPSA) is 58.1 Å². The molecule has 2 unspecified atom stereocenters. The molecule has 26 heavy (non-hydrogen) atoms. The number of carbonyl (C=O) groups is 1. The largest absolute Gasteiger partial charge is 0.362 e. The summed E-state index contributed by atoms with van der Waals surface area (Å²) in [6.45, 7) is 7.97. The van der Waals surface area contributed by atoms with Crippen molar-refractivity contribution in [2.45, 2.75) is 52.6 Å². The highest BCUT2D eigenvalue weighted by atomic mass is 16.2. The molecule has 4 rings (SSSR count). The molecule has 1 aromatic heterocycles. The van der Waals surface area contributed by atoms with Crippen molar-refractivity contribution in [3.05, 3.63) is 47.4 Å². The van der Waals surface area contributed by atoms with Gasteiger partial charge in [-0.2, -0.15) is 0 Å². The average Bonchev–Trinajstić information content (AvgIpc) is 3.43. The van der Waals surface area contributed by atoms with E-state index >= 15 is 0 Å². The van der Waals surface area contributed by atoms with Gasteiger partial charge in [-0.15, -0.1) is 0 Å². The summed E-state index contributed by atoms with van der Waals surface area (Å²) < 4.78 is 0. The molecule has 1 aliphatic heterocycles. The minimum atomic E-state index is 0.114. The van der Waals surface area contributed by atoms with Gasteiger partial charge in [-0.25, -0.2) is 4.98 Å². The molecule has 0 spiro atoms. The number of nitrogens with zero attached hydrogens (tertiary/aromatic N) is 3. The molecule has 136 valence electrons. The van der Waals surface area contributed by atoms with Gasteiger partial charge in [0, 0.05) is 24.6 Å². The van der Waals surface area contributed by atoms with Crippen LogP contribution >= 0.6 is 0 Å². The van der Waals surface area contributed by atoms with Crippen LogP contribution in [0.2, 0.25) is 0 Å². The number of amides is 1. The van der Waals surface area contributed by atoms with Gasteiger partial charge in [-0.05, 0) is 44.2 Å². The van der Waals surface area contributed by atoms with E-state index in [0.29, 0.717) is 11.8 Å². The van der Waals surface area contributed by atoms with E-state index in [-0.39, 0.29) is 18.0 Å². The van der Waals surface area contributed by atoms with Crippen molar-refractivity contribution >= 4 is 17.4 Å². The maximum Gasteiger partial charge on any atom is 0.224 e. The highest BCUT2D eigenvalue weighted by Crippen LogP contribution is 2.50. The highest BCUT2D eigenvalue weighted by molar-refractivity contribution is 5.94. The van der Waals surface area contributed by atoms with Crippen molar-refractivity contribution < 1.29 is 4.79 Å². The number of benzene rings is 1. The second kappa shape index (κ2) is 6.38. The molecule has 1 aliphatic carbocycles. The Labute approximate surface area is 154 Å². The quantitative estimate of drug-likeness (QED) is 0.908. The number of aryl methyl sites for hydroxylation is 2. The number of rotatable bonds is 3. The Balaban J connectivity index is 1.79. The molecule has 1 saturated carbocycles. The van der Waals surface area contributed by atoms with Gasteiger partial charge in [0.15, 0.2) is 0 Å². The predicted octanol–water partition coefficient (Wildman–Crippen LogP) is 4.03. The Hall–Kier alpha value is -2.43. The number of carbonyl (C=O) groups excluding carboxylic acids is 1. The number of aromatic nitrogens is 2. The lowest BCUT2D eigenvalue weighted by Crippen LogP contribution is -2.51. The average molecular weight is 350 g/mol. The summed E-state index contributed by atoms with van der Waals surface area (Å²) in [5, 5.41) is 3.60. The molecule has 1 aromatic carbocycles. The first-order valence-electron chi connectivity index (χ1n) is 9.41. The third-order valence-corrected chi connectivity index (χ3v) is 5.67. The number of hydrogen-bond acceptors (Lipinski definition) is 4. The van der Waals surface area contributed by atoms with Crippen LogP contribution in [-0.4, -0.2) is 21.9 Å². The Morgan fingerprint density at radius 2 is 1.96 bits per heavy atom. The molecule has 2 aromatic rings.